The molecule has 2 nitrogen and oxygen atoms in total. The first kappa shape index (κ1) is 14.3. The van der Waals surface area contributed by atoms with Crippen molar-refractivity contribution < 1.29 is 5.11 Å². The van der Waals surface area contributed by atoms with Gasteiger partial charge < -0.3 is 10.4 Å². The van der Waals surface area contributed by atoms with Crippen molar-refractivity contribution in [2.75, 3.05) is 13.7 Å². The van der Waals surface area contributed by atoms with Crippen molar-refractivity contribution in [2.24, 2.45) is 5.41 Å². The zero-order valence-electron chi connectivity index (χ0n) is 11.1. The van der Waals surface area contributed by atoms with Crippen LogP contribution >= 0.6 is 11.8 Å². The lowest BCUT2D eigenvalue weighted by atomic mass is 9.73. The smallest absolute Gasteiger partial charge is 0.0441 e. The van der Waals surface area contributed by atoms with Crippen LogP contribution < -0.4 is 5.32 Å². The molecule has 0 spiro atoms. The van der Waals surface area contributed by atoms with E-state index in [0.717, 1.165) is 6.42 Å². The number of hydrogen-bond donors (Lipinski definition) is 2. The Morgan fingerprint density at radius 3 is 2.75 bits per heavy atom. The van der Waals surface area contributed by atoms with Crippen LogP contribution in [0.4, 0.5) is 0 Å². The molecule has 0 saturated heterocycles. The largest absolute Gasteiger partial charge is 0.396 e. The molecule has 2 N–H and O–H groups in total. The maximum absolute atomic E-state index is 8.96. The second-order valence-electron chi connectivity index (χ2n) is 5.64. The topological polar surface area (TPSA) is 32.3 Å². The van der Waals surface area contributed by atoms with Crippen molar-refractivity contribution in [3.63, 3.8) is 0 Å². The highest BCUT2D eigenvalue weighted by molar-refractivity contribution is 8.00. The molecule has 0 aliphatic heterocycles. The van der Waals surface area contributed by atoms with Crippen molar-refractivity contribution in [2.45, 2.75) is 63.0 Å². The summed E-state index contributed by atoms with van der Waals surface area (Å²) in [5.41, 5.74) is 0.406. The first-order chi connectivity index (χ1) is 7.51. The molecule has 16 heavy (non-hydrogen) atoms. The van der Waals surface area contributed by atoms with Crippen LogP contribution in [-0.2, 0) is 0 Å². The van der Waals surface area contributed by atoms with Gasteiger partial charge in [0.2, 0.25) is 0 Å². The van der Waals surface area contributed by atoms with Gasteiger partial charge in [0.25, 0.3) is 0 Å². The zero-order chi connectivity index (χ0) is 12.2. The normalized spacial score (nSPS) is 31.3. The molecule has 1 rings (SSSR count). The first-order valence-corrected chi connectivity index (χ1v) is 7.39. The van der Waals surface area contributed by atoms with Crippen LogP contribution in [0.15, 0.2) is 0 Å². The minimum Gasteiger partial charge on any atom is -0.396 e. The Morgan fingerprint density at radius 2 is 2.19 bits per heavy atom. The Balaban J connectivity index is 2.56. The summed E-state index contributed by atoms with van der Waals surface area (Å²) < 4.78 is 0. The van der Waals surface area contributed by atoms with Crippen molar-refractivity contribution in [3.8, 4) is 0 Å². The zero-order valence-corrected chi connectivity index (χ0v) is 11.9. The lowest BCUT2D eigenvalue weighted by Gasteiger charge is -2.44. The summed E-state index contributed by atoms with van der Waals surface area (Å²) in [7, 11) is 2.09. The fraction of sp³-hybridized carbons (Fsp3) is 1.00. The van der Waals surface area contributed by atoms with Crippen molar-refractivity contribution in [1.82, 2.24) is 5.32 Å². The maximum atomic E-state index is 8.96. The summed E-state index contributed by atoms with van der Waals surface area (Å²) in [5, 5.41) is 13.7. The van der Waals surface area contributed by atoms with E-state index in [-0.39, 0.29) is 0 Å². The number of nitrogens with one attached hydrogen (secondary N) is 1. The molecule has 3 unspecified atom stereocenters. The van der Waals surface area contributed by atoms with Crippen LogP contribution in [0.25, 0.3) is 0 Å². The highest BCUT2D eigenvalue weighted by Gasteiger charge is 2.38. The Labute approximate surface area is 105 Å². The quantitative estimate of drug-likeness (QED) is 0.781. The van der Waals surface area contributed by atoms with E-state index in [1.54, 1.807) is 0 Å². The van der Waals surface area contributed by atoms with E-state index < -0.39 is 0 Å². The maximum Gasteiger partial charge on any atom is 0.0441 e. The van der Waals surface area contributed by atoms with Gasteiger partial charge in [0, 0.05) is 23.1 Å². The third-order valence-electron chi connectivity index (χ3n) is 3.78. The lowest BCUT2D eigenvalue weighted by molar-refractivity contribution is 0.182. The molecule has 3 atom stereocenters. The summed E-state index contributed by atoms with van der Waals surface area (Å²) in [4.78, 5) is 0. The van der Waals surface area contributed by atoms with Crippen LogP contribution in [0.3, 0.4) is 0 Å². The first-order valence-electron chi connectivity index (χ1n) is 6.45. The highest BCUT2D eigenvalue weighted by atomic mass is 32.2. The number of aliphatic hydroxyl groups is 1. The van der Waals surface area contributed by atoms with Gasteiger partial charge in [-0.15, -0.1) is 0 Å². The predicted molar refractivity (Wildman–Crippen MR) is 73.0 cm³/mol. The highest BCUT2D eigenvalue weighted by Crippen LogP contribution is 2.41. The number of rotatable bonds is 5. The second kappa shape index (κ2) is 6.27. The van der Waals surface area contributed by atoms with Crippen molar-refractivity contribution >= 4 is 11.8 Å². The number of aliphatic hydroxyl groups excluding tert-OH is 1. The Hall–Kier alpha value is 0.270. The average molecular weight is 245 g/mol. The van der Waals surface area contributed by atoms with E-state index in [1.165, 1.54) is 19.3 Å². The molecule has 0 bridgehead atoms. The average Bonchev–Trinajstić information content (AvgIpc) is 2.17. The number of hydrogen-bond acceptors (Lipinski definition) is 3. The SMILES string of the molecule is CNC1C(SC(C)CCO)CCCC1(C)C. The van der Waals surface area contributed by atoms with E-state index in [2.05, 4.69) is 44.9 Å². The van der Waals surface area contributed by atoms with E-state index in [4.69, 9.17) is 5.11 Å². The van der Waals surface area contributed by atoms with Crippen molar-refractivity contribution in [1.29, 1.82) is 0 Å². The molecule has 96 valence electrons. The Morgan fingerprint density at radius 1 is 1.50 bits per heavy atom. The van der Waals surface area contributed by atoms with E-state index in [1.807, 2.05) is 0 Å². The molecule has 0 aromatic heterocycles. The summed E-state index contributed by atoms with van der Waals surface area (Å²) >= 11 is 2.06. The molecule has 1 fully saturated rings. The van der Waals surface area contributed by atoms with Gasteiger partial charge in [0.15, 0.2) is 0 Å². The molecule has 3 heteroatoms. The van der Waals surface area contributed by atoms with E-state index in [0.29, 0.717) is 28.6 Å². The van der Waals surface area contributed by atoms with Gasteiger partial charge >= 0.3 is 0 Å². The fourth-order valence-electron chi connectivity index (χ4n) is 2.86. The van der Waals surface area contributed by atoms with Gasteiger partial charge in [0.05, 0.1) is 0 Å². The Bertz CT molecular complexity index is 208. The van der Waals surface area contributed by atoms with Crippen LogP contribution in [0.1, 0.15) is 46.5 Å². The van der Waals surface area contributed by atoms with Crippen LogP contribution in [0.5, 0.6) is 0 Å². The molecule has 0 aromatic rings. The molecular formula is C13H27NOS. The summed E-state index contributed by atoms with van der Waals surface area (Å²) in [6, 6.07) is 0.604. The van der Waals surface area contributed by atoms with Gasteiger partial charge in [-0.2, -0.15) is 11.8 Å². The molecule has 1 aliphatic carbocycles. The van der Waals surface area contributed by atoms with Gasteiger partial charge in [0.1, 0.15) is 0 Å². The third-order valence-corrected chi connectivity index (χ3v) is 5.33. The predicted octanol–water partition coefficient (Wildman–Crippen LogP) is 2.66. The molecule has 0 amide bonds. The van der Waals surface area contributed by atoms with Gasteiger partial charge in [-0.1, -0.05) is 27.2 Å². The van der Waals surface area contributed by atoms with Gasteiger partial charge in [-0.25, -0.2) is 0 Å². The fourth-order valence-corrected chi connectivity index (χ4v) is 4.66. The van der Waals surface area contributed by atoms with E-state index >= 15 is 0 Å². The molecule has 1 saturated carbocycles. The summed E-state index contributed by atoms with van der Waals surface area (Å²) in [6.07, 6.45) is 4.89. The monoisotopic (exact) mass is 245 g/mol. The lowest BCUT2D eigenvalue weighted by Crippen LogP contribution is -2.50. The van der Waals surface area contributed by atoms with E-state index in [9.17, 15) is 0 Å². The van der Waals surface area contributed by atoms with Crippen LogP contribution in [0, 0.1) is 5.41 Å². The van der Waals surface area contributed by atoms with Gasteiger partial charge in [-0.05, 0) is 31.7 Å². The molecule has 0 radical (unpaired) electrons. The van der Waals surface area contributed by atoms with Crippen LogP contribution in [0.2, 0.25) is 0 Å². The van der Waals surface area contributed by atoms with Crippen molar-refractivity contribution in [3.05, 3.63) is 0 Å². The second-order valence-corrected chi connectivity index (χ2v) is 7.33. The molecular weight excluding hydrogens is 218 g/mol. The molecule has 0 heterocycles. The minimum atomic E-state index is 0.314. The Kier molecular flexibility index (Phi) is 5.62. The third kappa shape index (κ3) is 3.64. The van der Waals surface area contributed by atoms with Crippen LogP contribution in [-0.4, -0.2) is 35.3 Å². The molecule has 0 aromatic carbocycles. The molecule has 1 aliphatic rings. The standard InChI is InChI=1S/C13H27NOS/c1-10(7-9-15)16-11-6-5-8-13(2,3)12(11)14-4/h10-12,14-15H,5-9H2,1-4H3. The summed E-state index contributed by atoms with van der Waals surface area (Å²) in [6.45, 7) is 7.29. The van der Waals surface area contributed by atoms with Gasteiger partial charge in [-0.3, -0.25) is 0 Å². The minimum absolute atomic E-state index is 0.314. The number of thioether (sulfide) groups is 1. The summed E-state index contributed by atoms with van der Waals surface area (Å²) in [5.74, 6) is 0.